The van der Waals surface area contributed by atoms with Crippen molar-refractivity contribution in [3.8, 4) is 0 Å². The standard InChI is InChI=1S/C12H24BNO4.C2H6/c1-14(2)8-10-4-3-9(5-6-13(17)18)7-11(10)12(15)16;1-2/h9-11,17-18H,3-8H2,1-2H3,(H,15,16);1-2H3/t9-,10+,11-;/m0./s1. The van der Waals surface area contributed by atoms with E-state index in [1.165, 1.54) is 0 Å². The van der Waals surface area contributed by atoms with Crippen LogP contribution in [0, 0.1) is 17.8 Å². The molecular weight excluding hydrogens is 257 g/mol. The zero-order valence-electron chi connectivity index (χ0n) is 13.2. The van der Waals surface area contributed by atoms with Gasteiger partial charge < -0.3 is 20.1 Å². The third-order valence-electron chi connectivity index (χ3n) is 3.85. The second-order valence-electron chi connectivity index (χ2n) is 5.70. The van der Waals surface area contributed by atoms with Gasteiger partial charge in [0.05, 0.1) is 5.92 Å². The molecule has 0 heterocycles. The predicted octanol–water partition coefficient (Wildman–Crippen LogP) is 1.55. The lowest BCUT2D eigenvalue weighted by atomic mass is 9.70. The number of hydrogen-bond acceptors (Lipinski definition) is 4. The minimum Gasteiger partial charge on any atom is -0.481 e. The number of hydrogen-bond donors (Lipinski definition) is 3. The van der Waals surface area contributed by atoms with E-state index in [-0.39, 0.29) is 11.8 Å². The summed E-state index contributed by atoms with van der Waals surface area (Å²) in [5.41, 5.74) is 0. The molecule has 20 heavy (non-hydrogen) atoms. The van der Waals surface area contributed by atoms with Gasteiger partial charge in [-0.25, -0.2) is 0 Å². The first-order valence-corrected chi connectivity index (χ1v) is 7.63. The summed E-state index contributed by atoms with van der Waals surface area (Å²) in [6.07, 6.45) is 3.63. The molecule has 0 unspecified atom stereocenters. The summed E-state index contributed by atoms with van der Waals surface area (Å²) in [5.74, 6) is -0.475. The molecule has 1 rings (SSSR count). The molecule has 1 aliphatic carbocycles. The van der Waals surface area contributed by atoms with Crippen molar-refractivity contribution in [3.05, 3.63) is 0 Å². The van der Waals surface area contributed by atoms with Crippen LogP contribution in [-0.2, 0) is 4.79 Å². The number of carboxylic acid groups (broad SMARTS) is 1. The summed E-state index contributed by atoms with van der Waals surface area (Å²) in [6, 6.07) is 0. The maximum Gasteiger partial charge on any atom is 0.451 e. The summed E-state index contributed by atoms with van der Waals surface area (Å²) in [7, 11) is 2.66. The molecular formula is C14H30BNO4. The first kappa shape index (κ1) is 19.4. The number of carboxylic acids is 1. The summed E-state index contributed by atoms with van der Waals surface area (Å²) in [5, 5.41) is 27.0. The Labute approximate surface area is 123 Å². The van der Waals surface area contributed by atoms with E-state index >= 15 is 0 Å². The van der Waals surface area contributed by atoms with Crippen LogP contribution in [0.15, 0.2) is 0 Å². The Balaban J connectivity index is 0.00000172. The van der Waals surface area contributed by atoms with Crippen molar-refractivity contribution >= 4 is 13.1 Å². The van der Waals surface area contributed by atoms with Gasteiger partial charge in [0.15, 0.2) is 0 Å². The molecule has 0 amide bonds. The highest BCUT2D eigenvalue weighted by Gasteiger charge is 2.35. The monoisotopic (exact) mass is 287 g/mol. The average molecular weight is 287 g/mol. The predicted molar refractivity (Wildman–Crippen MR) is 81.5 cm³/mol. The Bertz CT molecular complexity index is 274. The van der Waals surface area contributed by atoms with Crippen molar-refractivity contribution in [3.63, 3.8) is 0 Å². The molecule has 0 saturated heterocycles. The highest BCUT2D eigenvalue weighted by Crippen LogP contribution is 2.36. The molecule has 6 heteroatoms. The number of rotatable bonds is 6. The van der Waals surface area contributed by atoms with E-state index in [0.29, 0.717) is 25.1 Å². The van der Waals surface area contributed by atoms with Gasteiger partial charge in [0.2, 0.25) is 0 Å². The minimum atomic E-state index is -1.27. The molecule has 3 atom stereocenters. The Morgan fingerprint density at radius 2 is 1.85 bits per heavy atom. The van der Waals surface area contributed by atoms with Crippen LogP contribution in [0.1, 0.15) is 39.5 Å². The van der Waals surface area contributed by atoms with Gasteiger partial charge in [0, 0.05) is 6.54 Å². The molecule has 0 aliphatic heterocycles. The molecule has 0 aromatic carbocycles. The fraction of sp³-hybridized carbons (Fsp3) is 0.929. The number of aliphatic carboxylic acids is 1. The molecule has 3 N–H and O–H groups in total. The van der Waals surface area contributed by atoms with Crippen LogP contribution >= 0.6 is 0 Å². The number of carbonyl (C=O) groups is 1. The zero-order valence-corrected chi connectivity index (χ0v) is 13.2. The molecule has 5 nitrogen and oxygen atoms in total. The van der Waals surface area contributed by atoms with E-state index in [1.54, 1.807) is 0 Å². The van der Waals surface area contributed by atoms with Crippen LogP contribution in [0.25, 0.3) is 0 Å². The lowest BCUT2D eigenvalue weighted by Crippen LogP contribution is -2.37. The first-order valence-electron chi connectivity index (χ1n) is 7.63. The van der Waals surface area contributed by atoms with Crippen LogP contribution in [0.5, 0.6) is 0 Å². The third-order valence-corrected chi connectivity index (χ3v) is 3.85. The number of nitrogens with zero attached hydrogens (tertiary/aromatic N) is 1. The molecule has 1 saturated carbocycles. The summed E-state index contributed by atoms with van der Waals surface area (Å²) >= 11 is 0. The molecule has 0 bridgehead atoms. The molecule has 0 spiro atoms. The van der Waals surface area contributed by atoms with Gasteiger partial charge in [-0.1, -0.05) is 26.7 Å². The van der Waals surface area contributed by atoms with Crippen LogP contribution in [0.4, 0.5) is 0 Å². The van der Waals surface area contributed by atoms with Gasteiger partial charge in [-0.2, -0.15) is 0 Å². The maximum atomic E-state index is 11.3. The highest BCUT2D eigenvalue weighted by atomic mass is 16.4. The highest BCUT2D eigenvalue weighted by molar-refractivity contribution is 6.40. The molecule has 1 fully saturated rings. The van der Waals surface area contributed by atoms with Crippen molar-refractivity contribution in [2.45, 2.75) is 45.9 Å². The summed E-state index contributed by atoms with van der Waals surface area (Å²) in [4.78, 5) is 13.4. The van der Waals surface area contributed by atoms with Gasteiger partial charge in [-0.15, -0.1) is 0 Å². The van der Waals surface area contributed by atoms with Gasteiger partial charge in [-0.05, 0) is 45.1 Å². The molecule has 0 aromatic rings. The van der Waals surface area contributed by atoms with E-state index in [0.717, 1.165) is 19.4 Å². The van der Waals surface area contributed by atoms with Crippen molar-refractivity contribution in [1.29, 1.82) is 0 Å². The van der Waals surface area contributed by atoms with E-state index in [4.69, 9.17) is 10.0 Å². The van der Waals surface area contributed by atoms with Gasteiger partial charge in [-0.3, -0.25) is 4.79 Å². The largest absolute Gasteiger partial charge is 0.481 e. The zero-order chi connectivity index (χ0) is 15.7. The van der Waals surface area contributed by atoms with E-state index in [9.17, 15) is 9.90 Å². The van der Waals surface area contributed by atoms with E-state index in [2.05, 4.69) is 0 Å². The second-order valence-corrected chi connectivity index (χ2v) is 5.70. The van der Waals surface area contributed by atoms with Crippen LogP contribution in [-0.4, -0.2) is 53.8 Å². The summed E-state index contributed by atoms with van der Waals surface area (Å²) < 4.78 is 0. The van der Waals surface area contributed by atoms with Crippen molar-refractivity contribution < 1.29 is 19.9 Å². The van der Waals surface area contributed by atoms with Crippen molar-refractivity contribution in [2.24, 2.45) is 17.8 Å². The Morgan fingerprint density at radius 3 is 2.30 bits per heavy atom. The lowest BCUT2D eigenvalue weighted by molar-refractivity contribution is -0.146. The van der Waals surface area contributed by atoms with E-state index < -0.39 is 13.1 Å². The van der Waals surface area contributed by atoms with Gasteiger partial charge in [0.25, 0.3) is 0 Å². The molecule has 1 aliphatic rings. The van der Waals surface area contributed by atoms with Crippen molar-refractivity contribution in [2.75, 3.05) is 20.6 Å². The normalized spacial score (nSPS) is 25.9. The first-order chi connectivity index (χ1) is 9.40. The minimum absolute atomic E-state index is 0.216. The second kappa shape index (κ2) is 10.2. The van der Waals surface area contributed by atoms with Crippen molar-refractivity contribution in [1.82, 2.24) is 4.90 Å². The Morgan fingerprint density at radius 1 is 1.25 bits per heavy atom. The maximum absolute atomic E-state index is 11.3. The average Bonchev–Trinajstić information content (AvgIpc) is 2.39. The molecule has 0 aromatic heterocycles. The van der Waals surface area contributed by atoms with Gasteiger partial charge in [0.1, 0.15) is 0 Å². The van der Waals surface area contributed by atoms with E-state index in [1.807, 2.05) is 32.8 Å². The Hall–Kier alpha value is -0.585. The SMILES string of the molecule is CC.CN(C)C[C@H]1CC[C@@H](CCB(O)O)C[C@@H]1C(=O)O. The smallest absolute Gasteiger partial charge is 0.451 e. The van der Waals surface area contributed by atoms with Crippen LogP contribution < -0.4 is 0 Å². The van der Waals surface area contributed by atoms with Crippen LogP contribution in [0.2, 0.25) is 6.32 Å². The fourth-order valence-electron chi connectivity index (χ4n) is 2.96. The summed E-state index contributed by atoms with van der Waals surface area (Å²) in [6.45, 7) is 4.81. The lowest BCUT2D eigenvalue weighted by Gasteiger charge is -2.35. The van der Waals surface area contributed by atoms with Crippen LogP contribution in [0.3, 0.4) is 0 Å². The molecule has 118 valence electrons. The Kier molecular flexibility index (Phi) is 9.89. The quantitative estimate of drug-likeness (QED) is 0.646. The topological polar surface area (TPSA) is 81.0 Å². The van der Waals surface area contributed by atoms with Gasteiger partial charge >= 0.3 is 13.1 Å². The third kappa shape index (κ3) is 7.26. The molecule has 0 radical (unpaired) electrons. The fourth-order valence-corrected chi connectivity index (χ4v) is 2.96.